The van der Waals surface area contributed by atoms with Crippen molar-refractivity contribution in [2.45, 2.75) is 38.7 Å². The van der Waals surface area contributed by atoms with Crippen molar-refractivity contribution in [2.24, 2.45) is 0 Å². The van der Waals surface area contributed by atoms with E-state index in [1.807, 2.05) is 18.3 Å². The molecule has 2 aliphatic rings. The smallest absolute Gasteiger partial charge is 0.250 e. The van der Waals surface area contributed by atoms with Crippen LogP contribution in [0.4, 0.5) is 5.82 Å². The van der Waals surface area contributed by atoms with Gasteiger partial charge in [-0.05, 0) is 38.2 Å². The Hall–Kier alpha value is -1.73. The van der Waals surface area contributed by atoms with E-state index in [-0.39, 0.29) is 5.91 Å². The molecule has 3 heterocycles. The molecule has 2 aromatic rings. The van der Waals surface area contributed by atoms with Crippen LogP contribution in [0.2, 0.25) is 0 Å². The number of nitrogens with one attached hydrogen (secondary N) is 1. The molecule has 1 amide bonds. The van der Waals surface area contributed by atoms with Gasteiger partial charge < -0.3 is 15.0 Å². The highest BCUT2D eigenvalue weighted by Gasteiger charge is 2.30. The van der Waals surface area contributed by atoms with E-state index in [1.54, 1.807) is 7.05 Å². The number of carbonyl (C=O) groups excluding carboxylic acids is 1. The summed E-state index contributed by atoms with van der Waals surface area (Å²) in [6, 6.07) is 0. The Morgan fingerprint density at radius 2 is 2.17 bits per heavy atom. The maximum absolute atomic E-state index is 12.0. The summed E-state index contributed by atoms with van der Waals surface area (Å²) >= 11 is 1.82. The summed E-state index contributed by atoms with van der Waals surface area (Å²) in [6.45, 7) is 3.77. The van der Waals surface area contributed by atoms with Crippen molar-refractivity contribution in [3.05, 3.63) is 16.3 Å². The molecule has 7 heteroatoms. The Bertz CT molecular complexity index is 788. The molecule has 4 rings (SSSR count). The van der Waals surface area contributed by atoms with Gasteiger partial charge in [-0.2, -0.15) is 0 Å². The second-order valence-corrected chi connectivity index (χ2v) is 7.49. The van der Waals surface area contributed by atoms with Gasteiger partial charge in [0.15, 0.2) is 6.10 Å². The maximum atomic E-state index is 12.0. The largest absolute Gasteiger partial charge is 0.365 e. The van der Waals surface area contributed by atoms with E-state index in [4.69, 9.17) is 9.72 Å². The molecule has 2 aromatic heterocycles. The number of aromatic nitrogens is 2. The molecule has 1 aliphatic carbocycles. The Morgan fingerprint density at radius 3 is 3.00 bits per heavy atom. The SMILES string of the molecule is CNC(=O)C1CN(c2nc(C)nc3sc4c(c23)CCCC4)CCO1. The number of carbonyl (C=O) groups is 1. The molecule has 0 radical (unpaired) electrons. The van der Waals surface area contributed by atoms with Gasteiger partial charge in [-0.15, -0.1) is 11.3 Å². The fourth-order valence-corrected chi connectivity index (χ4v) is 4.93. The third-order valence-corrected chi connectivity index (χ3v) is 6.00. The Balaban J connectivity index is 1.78. The second-order valence-electron chi connectivity index (χ2n) is 6.41. The summed E-state index contributed by atoms with van der Waals surface area (Å²) in [6.07, 6.45) is 4.31. The number of amides is 1. The molecular formula is C17H22N4O2S. The molecular weight excluding hydrogens is 324 g/mol. The van der Waals surface area contributed by atoms with Crippen molar-refractivity contribution in [3.8, 4) is 0 Å². The predicted octanol–water partition coefficient (Wildman–Crippen LogP) is 1.83. The van der Waals surface area contributed by atoms with Crippen LogP contribution >= 0.6 is 11.3 Å². The third-order valence-electron chi connectivity index (χ3n) is 4.81. The van der Waals surface area contributed by atoms with E-state index in [0.717, 1.165) is 35.9 Å². The minimum absolute atomic E-state index is 0.0749. The number of morpholine rings is 1. The van der Waals surface area contributed by atoms with Gasteiger partial charge in [0.05, 0.1) is 18.5 Å². The van der Waals surface area contributed by atoms with Crippen LogP contribution in [0.3, 0.4) is 0 Å². The van der Waals surface area contributed by atoms with Crippen LogP contribution in [-0.4, -0.2) is 48.7 Å². The van der Waals surface area contributed by atoms with Crippen LogP contribution in [0.15, 0.2) is 0 Å². The van der Waals surface area contributed by atoms with E-state index in [9.17, 15) is 4.79 Å². The molecule has 1 fully saturated rings. The monoisotopic (exact) mass is 346 g/mol. The highest BCUT2D eigenvalue weighted by atomic mass is 32.1. The normalized spacial score (nSPS) is 20.9. The zero-order valence-electron chi connectivity index (χ0n) is 14.1. The molecule has 1 saturated heterocycles. The number of likely N-dealkylation sites (N-methyl/N-ethyl adjacent to an activating group) is 1. The van der Waals surface area contributed by atoms with Crippen LogP contribution in [0.25, 0.3) is 10.2 Å². The number of rotatable bonds is 2. The topological polar surface area (TPSA) is 67.4 Å². The highest BCUT2D eigenvalue weighted by molar-refractivity contribution is 7.19. The van der Waals surface area contributed by atoms with E-state index in [1.165, 1.54) is 28.7 Å². The van der Waals surface area contributed by atoms with Crippen LogP contribution in [0.1, 0.15) is 29.1 Å². The van der Waals surface area contributed by atoms with Crippen molar-refractivity contribution < 1.29 is 9.53 Å². The average molecular weight is 346 g/mol. The van der Waals surface area contributed by atoms with E-state index >= 15 is 0 Å². The average Bonchev–Trinajstić information content (AvgIpc) is 2.98. The van der Waals surface area contributed by atoms with Crippen molar-refractivity contribution in [1.82, 2.24) is 15.3 Å². The molecule has 1 N–H and O–H groups in total. The number of aryl methyl sites for hydroxylation is 3. The summed E-state index contributed by atoms with van der Waals surface area (Å²) in [7, 11) is 1.65. The summed E-state index contributed by atoms with van der Waals surface area (Å²) in [5, 5.41) is 3.89. The summed E-state index contributed by atoms with van der Waals surface area (Å²) in [4.78, 5) is 26.2. The van der Waals surface area contributed by atoms with Gasteiger partial charge in [-0.1, -0.05) is 0 Å². The lowest BCUT2D eigenvalue weighted by Gasteiger charge is -2.33. The maximum Gasteiger partial charge on any atom is 0.250 e. The lowest BCUT2D eigenvalue weighted by Crippen LogP contribution is -2.49. The number of thiophene rings is 1. The first-order chi connectivity index (χ1) is 11.7. The van der Waals surface area contributed by atoms with E-state index in [0.29, 0.717) is 13.2 Å². The quantitative estimate of drug-likeness (QED) is 0.899. The Labute approximate surface area is 145 Å². The van der Waals surface area contributed by atoms with Crippen LogP contribution in [-0.2, 0) is 22.4 Å². The van der Waals surface area contributed by atoms with Crippen LogP contribution in [0.5, 0.6) is 0 Å². The zero-order chi connectivity index (χ0) is 16.7. The van der Waals surface area contributed by atoms with Gasteiger partial charge in [0, 0.05) is 18.5 Å². The first kappa shape index (κ1) is 15.8. The molecule has 128 valence electrons. The number of hydrogen-bond donors (Lipinski definition) is 1. The van der Waals surface area contributed by atoms with Crippen LogP contribution < -0.4 is 10.2 Å². The molecule has 6 nitrogen and oxygen atoms in total. The second kappa shape index (κ2) is 6.29. The van der Waals surface area contributed by atoms with Gasteiger partial charge in [-0.25, -0.2) is 9.97 Å². The summed E-state index contributed by atoms with van der Waals surface area (Å²) in [5.41, 5.74) is 1.43. The lowest BCUT2D eigenvalue weighted by atomic mass is 9.97. The van der Waals surface area contributed by atoms with Gasteiger partial charge in [0.25, 0.3) is 5.91 Å². The number of anilines is 1. The van der Waals surface area contributed by atoms with E-state index in [2.05, 4.69) is 15.2 Å². The molecule has 1 atom stereocenters. The molecule has 0 saturated carbocycles. The minimum Gasteiger partial charge on any atom is -0.365 e. The summed E-state index contributed by atoms with van der Waals surface area (Å²) < 4.78 is 5.62. The van der Waals surface area contributed by atoms with E-state index < -0.39 is 6.10 Å². The number of ether oxygens (including phenoxy) is 1. The Morgan fingerprint density at radius 1 is 1.33 bits per heavy atom. The van der Waals surface area contributed by atoms with Crippen molar-refractivity contribution in [2.75, 3.05) is 31.6 Å². The van der Waals surface area contributed by atoms with Gasteiger partial charge in [0.1, 0.15) is 16.5 Å². The molecule has 24 heavy (non-hydrogen) atoms. The molecule has 0 spiro atoms. The highest BCUT2D eigenvalue weighted by Crippen LogP contribution is 2.40. The van der Waals surface area contributed by atoms with Gasteiger partial charge in [0.2, 0.25) is 0 Å². The Kier molecular flexibility index (Phi) is 4.14. The van der Waals surface area contributed by atoms with Crippen molar-refractivity contribution >= 4 is 33.3 Å². The third kappa shape index (κ3) is 2.65. The molecule has 1 unspecified atom stereocenters. The van der Waals surface area contributed by atoms with Gasteiger partial charge >= 0.3 is 0 Å². The minimum atomic E-state index is -0.441. The first-order valence-electron chi connectivity index (χ1n) is 8.54. The van der Waals surface area contributed by atoms with Crippen LogP contribution in [0, 0.1) is 6.92 Å². The summed E-state index contributed by atoms with van der Waals surface area (Å²) in [5.74, 6) is 1.70. The zero-order valence-corrected chi connectivity index (χ0v) is 14.9. The molecule has 0 bridgehead atoms. The lowest BCUT2D eigenvalue weighted by molar-refractivity contribution is -0.132. The number of nitrogens with zero attached hydrogens (tertiary/aromatic N) is 3. The number of fused-ring (bicyclic) bond motifs is 3. The van der Waals surface area contributed by atoms with Crippen molar-refractivity contribution in [1.29, 1.82) is 0 Å². The standard InChI is InChI=1S/C17H22N4O2S/c1-10-19-15(21-7-8-23-12(9-21)16(22)18-2)14-11-5-3-4-6-13(11)24-17(14)20-10/h12H,3-9H2,1-2H3,(H,18,22). The van der Waals surface area contributed by atoms with Crippen molar-refractivity contribution in [3.63, 3.8) is 0 Å². The fourth-order valence-electron chi connectivity index (χ4n) is 3.63. The molecule has 1 aliphatic heterocycles. The first-order valence-corrected chi connectivity index (χ1v) is 9.36. The predicted molar refractivity (Wildman–Crippen MR) is 94.8 cm³/mol. The van der Waals surface area contributed by atoms with Gasteiger partial charge in [-0.3, -0.25) is 4.79 Å². The fraction of sp³-hybridized carbons (Fsp3) is 0.588. The number of hydrogen-bond acceptors (Lipinski definition) is 6. The molecule has 0 aromatic carbocycles.